The van der Waals surface area contributed by atoms with Crippen LogP contribution in [0.15, 0.2) is 103 Å². The van der Waals surface area contributed by atoms with Gasteiger partial charge in [0, 0.05) is 35.9 Å². The van der Waals surface area contributed by atoms with Gasteiger partial charge in [0.15, 0.2) is 0 Å². The number of nitrogens with one attached hydrogen (secondary N) is 1. The topological polar surface area (TPSA) is 52.7 Å². The number of carbonyl (C=O) groups is 2. The highest BCUT2D eigenvalue weighted by molar-refractivity contribution is 6.21. The number of amides is 2. The van der Waals surface area contributed by atoms with Crippen molar-refractivity contribution in [3.8, 4) is 11.1 Å². The zero-order valence-electron chi connectivity index (χ0n) is 20.2. The normalized spacial score (nSPS) is 18.2. The lowest BCUT2D eigenvalue weighted by Crippen LogP contribution is -2.48. The van der Waals surface area contributed by atoms with Crippen molar-refractivity contribution in [2.75, 3.05) is 28.2 Å². The summed E-state index contributed by atoms with van der Waals surface area (Å²) in [4.78, 5) is 30.9. The summed E-state index contributed by atoms with van der Waals surface area (Å²) >= 11 is 6.47. The average molecular weight is 508 g/mol. The molecule has 1 N–H and O–H groups in total. The van der Waals surface area contributed by atoms with E-state index in [-0.39, 0.29) is 23.2 Å². The molecule has 4 aromatic rings. The van der Waals surface area contributed by atoms with Crippen LogP contribution in [0.25, 0.3) is 11.1 Å². The summed E-state index contributed by atoms with van der Waals surface area (Å²) in [5, 5.41) is 3.07. The highest BCUT2D eigenvalue weighted by atomic mass is 35.5. The monoisotopic (exact) mass is 507 g/mol. The van der Waals surface area contributed by atoms with E-state index in [0.717, 1.165) is 35.5 Å². The van der Waals surface area contributed by atoms with Gasteiger partial charge in [-0.3, -0.25) is 9.59 Å². The van der Waals surface area contributed by atoms with Gasteiger partial charge in [-0.15, -0.1) is 11.6 Å². The first-order chi connectivity index (χ1) is 18.1. The quantitative estimate of drug-likeness (QED) is 0.323. The Morgan fingerprint density at radius 1 is 0.757 bits per heavy atom. The second-order valence-electron chi connectivity index (χ2n) is 9.49. The third-order valence-electron chi connectivity index (χ3n) is 7.13. The summed E-state index contributed by atoms with van der Waals surface area (Å²) in [6.07, 6.45) is 0.856. The molecule has 2 amide bonds. The fourth-order valence-corrected chi connectivity index (χ4v) is 5.72. The number of alkyl halides is 1. The number of fused-ring (bicyclic) bond motifs is 3. The number of halogens is 1. The Morgan fingerprint density at radius 3 is 2.22 bits per heavy atom. The van der Waals surface area contributed by atoms with Crippen molar-refractivity contribution >= 4 is 40.5 Å². The first-order valence-electron chi connectivity index (χ1n) is 12.5. The van der Waals surface area contributed by atoms with Gasteiger partial charge in [-0.25, -0.2) is 0 Å². The van der Waals surface area contributed by atoms with Crippen LogP contribution >= 0.6 is 11.6 Å². The number of hydrogen-bond acceptors (Lipinski definition) is 3. The summed E-state index contributed by atoms with van der Waals surface area (Å²) in [5.74, 6) is -0.252. The van der Waals surface area contributed by atoms with Crippen LogP contribution in [0.2, 0.25) is 0 Å². The van der Waals surface area contributed by atoms with E-state index in [1.807, 2.05) is 77.7 Å². The molecule has 2 heterocycles. The van der Waals surface area contributed by atoms with Gasteiger partial charge >= 0.3 is 0 Å². The summed E-state index contributed by atoms with van der Waals surface area (Å²) in [6, 6.07) is 32.7. The SMILES string of the molecule is O=C(Nc1ccc(C(=O)N2C[C@H]3CC(Cl)CN3c3ccccc32)cc1)c1ccccc1-c1ccccc1. The molecule has 0 spiro atoms. The Balaban J connectivity index is 1.21. The number of para-hydroxylation sites is 2. The Kier molecular flexibility index (Phi) is 6.15. The minimum atomic E-state index is -0.194. The smallest absolute Gasteiger partial charge is 0.258 e. The molecule has 5 nitrogen and oxygen atoms in total. The van der Waals surface area contributed by atoms with Crippen LogP contribution in [0.4, 0.5) is 17.1 Å². The Labute approximate surface area is 221 Å². The van der Waals surface area contributed by atoms with E-state index < -0.39 is 0 Å². The second kappa shape index (κ2) is 9.75. The van der Waals surface area contributed by atoms with Gasteiger partial charge in [0.25, 0.3) is 11.8 Å². The Hall–Kier alpha value is -4.09. The molecule has 0 aliphatic carbocycles. The molecule has 1 unspecified atom stereocenters. The minimum absolute atomic E-state index is 0.0579. The largest absolute Gasteiger partial charge is 0.364 e. The zero-order valence-corrected chi connectivity index (χ0v) is 20.9. The van der Waals surface area contributed by atoms with E-state index >= 15 is 0 Å². The van der Waals surface area contributed by atoms with E-state index in [1.54, 1.807) is 24.3 Å². The van der Waals surface area contributed by atoms with E-state index in [9.17, 15) is 9.59 Å². The maximum atomic E-state index is 13.6. The lowest BCUT2D eigenvalue weighted by Gasteiger charge is -2.40. The number of rotatable bonds is 4. The van der Waals surface area contributed by atoms with Gasteiger partial charge in [0.1, 0.15) is 0 Å². The molecule has 2 atom stereocenters. The first kappa shape index (κ1) is 23.3. The molecular weight excluding hydrogens is 482 g/mol. The highest BCUT2D eigenvalue weighted by Crippen LogP contribution is 2.41. The summed E-state index contributed by atoms with van der Waals surface area (Å²) in [7, 11) is 0. The third-order valence-corrected chi connectivity index (χ3v) is 7.45. The van der Waals surface area contributed by atoms with Crippen LogP contribution in [-0.4, -0.2) is 36.3 Å². The number of hydrogen-bond donors (Lipinski definition) is 1. The van der Waals surface area contributed by atoms with Crippen molar-refractivity contribution in [1.29, 1.82) is 0 Å². The van der Waals surface area contributed by atoms with Crippen molar-refractivity contribution in [2.45, 2.75) is 17.8 Å². The van der Waals surface area contributed by atoms with Gasteiger partial charge in [-0.1, -0.05) is 60.7 Å². The average Bonchev–Trinajstić information content (AvgIpc) is 3.33. The van der Waals surface area contributed by atoms with E-state index in [0.29, 0.717) is 23.4 Å². The van der Waals surface area contributed by atoms with Crippen molar-refractivity contribution in [1.82, 2.24) is 0 Å². The van der Waals surface area contributed by atoms with Crippen molar-refractivity contribution < 1.29 is 9.59 Å². The molecule has 1 saturated heterocycles. The molecule has 6 rings (SSSR count). The number of carbonyl (C=O) groups excluding carboxylic acids is 2. The predicted octanol–water partition coefficient (Wildman–Crippen LogP) is 6.45. The molecule has 0 bridgehead atoms. The van der Waals surface area contributed by atoms with E-state index in [4.69, 9.17) is 11.6 Å². The zero-order chi connectivity index (χ0) is 25.4. The summed E-state index contributed by atoms with van der Waals surface area (Å²) in [6.45, 7) is 1.40. The molecule has 37 heavy (non-hydrogen) atoms. The Bertz CT molecular complexity index is 1460. The van der Waals surface area contributed by atoms with Crippen LogP contribution in [0.5, 0.6) is 0 Å². The summed E-state index contributed by atoms with van der Waals surface area (Å²) in [5.41, 5.74) is 5.62. The molecule has 2 aliphatic heterocycles. The molecule has 6 heteroatoms. The number of nitrogens with zero attached hydrogens (tertiary/aromatic N) is 2. The van der Waals surface area contributed by atoms with Gasteiger partial charge < -0.3 is 15.1 Å². The number of anilines is 3. The molecule has 0 aromatic heterocycles. The van der Waals surface area contributed by atoms with E-state index in [2.05, 4.69) is 16.3 Å². The summed E-state index contributed by atoms with van der Waals surface area (Å²) < 4.78 is 0. The first-order valence-corrected chi connectivity index (χ1v) is 12.9. The third kappa shape index (κ3) is 4.47. The molecule has 2 aliphatic rings. The molecule has 4 aromatic carbocycles. The van der Waals surface area contributed by atoms with Crippen LogP contribution in [0.3, 0.4) is 0 Å². The fraction of sp³-hybridized carbons (Fsp3) is 0.161. The molecule has 184 valence electrons. The molecule has 1 fully saturated rings. The van der Waals surface area contributed by atoms with Gasteiger partial charge in [0.2, 0.25) is 0 Å². The number of benzene rings is 4. The van der Waals surface area contributed by atoms with Crippen LogP contribution in [-0.2, 0) is 0 Å². The predicted molar refractivity (Wildman–Crippen MR) is 150 cm³/mol. The van der Waals surface area contributed by atoms with Crippen molar-refractivity contribution in [2.24, 2.45) is 0 Å². The lowest BCUT2D eigenvalue weighted by atomic mass is 9.99. The molecule has 0 radical (unpaired) electrons. The molecular formula is C31H26ClN3O2. The van der Waals surface area contributed by atoms with Crippen LogP contribution < -0.4 is 15.1 Å². The molecule has 0 saturated carbocycles. The van der Waals surface area contributed by atoms with Crippen molar-refractivity contribution in [3.05, 3.63) is 114 Å². The minimum Gasteiger partial charge on any atom is -0.364 e. The lowest BCUT2D eigenvalue weighted by molar-refractivity contribution is 0.0983. The van der Waals surface area contributed by atoms with Crippen molar-refractivity contribution in [3.63, 3.8) is 0 Å². The van der Waals surface area contributed by atoms with E-state index in [1.165, 1.54) is 0 Å². The fourth-order valence-electron chi connectivity index (χ4n) is 5.37. The van der Waals surface area contributed by atoms with Gasteiger partial charge in [-0.05, 0) is 60.0 Å². The van der Waals surface area contributed by atoms with Crippen LogP contribution in [0.1, 0.15) is 27.1 Å². The second-order valence-corrected chi connectivity index (χ2v) is 10.1. The maximum Gasteiger partial charge on any atom is 0.258 e. The highest BCUT2D eigenvalue weighted by Gasteiger charge is 2.39. The van der Waals surface area contributed by atoms with Crippen LogP contribution in [0, 0.1) is 0 Å². The van der Waals surface area contributed by atoms with Gasteiger partial charge in [-0.2, -0.15) is 0 Å². The van der Waals surface area contributed by atoms with Gasteiger partial charge in [0.05, 0.1) is 16.8 Å². The maximum absolute atomic E-state index is 13.6. The standard InChI is InChI=1S/C31H26ClN3O2/c32-23-18-25-20-35(29-13-7-6-12-28(29)34(25)19-23)31(37)22-14-16-24(17-15-22)33-30(36)27-11-5-4-10-26(27)21-8-2-1-3-9-21/h1-17,23,25H,18-20H2,(H,33,36)/t23?,25-/m1/s1. The Morgan fingerprint density at radius 2 is 1.43 bits per heavy atom.